The van der Waals surface area contributed by atoms with E-state index >= 15 is 0 Å². The van der Waals surface area contributed by atoms with Crippen molar-refractivity contribution in [1.29, 1.82) is 0 Å². The summed E-state index contributed by atoms with van der Waals surface area (Å²) in [6.07, 6.45) is -3.02. The molecule has 0 aliphatic carbocycles. The molecule has 0 bridgehead atoms. The number of imidazole rings is 1. The molecule has 13 heteroatoms. The summed E-state index contributed by atoms with van der Waals surface area (Å²) in [5, 5.41) is 11.5. The summed E-state index contributed by atoms with van der Waals surface area (Å²) in [6.45, 7) is 0.299. The third-order valence-corrected chi connectivity index (χ3v) is 6.19. The van der Waals surface area contributed by atoms with Gasteiger partial charge in [-0.3, -0.25) is 19.2 Å². The molecule has 1 aliphatic rings. The molecule has 202 valence electrons. The van der Waals surface area contributed by atoms with Crippen LogP contribution in [0.5, 0.6) is 17.5 Å². The zero-order valence-electron chi connectivity index (χ0n) is 20.3. The van der Waals surface area contributed by atoms with E-state index in [1.54, 1.807) is 48.8 Å². The van der Waals surface area contributed by atoms with Gasteiger partial charge in [0.2, 0.25) is 6.35 Å². The van der Waals surface area contributed by atoms with Crippen LogP contribution in [0.3, 0.4) is 0 Å². The van der Waals surface area contributed by atoms with Crippen molar-refractivity contribution >= 4 is 23.3 Å². The highest BCUT2D eigenvalue weighted by atomic mass is 35.5. The molecule has 4 aromatic rings. The van der Waals surface area contributed by atoms with Crippen LogP contribution < -0.4 is 14.4 Å². The molecule has 9 nitrogen and oxygen atoms in total. The number of carbonyl (C=O) groups is 1. The van der Waals surface area contributed by atoms with E-state index in [1.807, 2.05) is 0 Å². The number of anilines is 1. The molecule has 0 saturated heterocycles. The Bertz CT molecular complexity index is 1480. The fraction of sp³-hybridized carbons (Fsp3) is 0.192. The normalized spacial score (nSPS) is 15.3. The van der Waals surface area contributed by atoms with E-state index in [0.29, 0.717) is 5.02 Å². The van der Waals surface area contributed by atoms with E-state index in [9.17, 15) is 23.1 Å². The Morgan fingerprint density at radius 1 is 1.00 bits per heavy atom. The molecule has 39 heavy (non-hydrogen) atoms. The van der Waals surface area contributed by atoms with Crippen molar-refractivity contribution in [3.05, 3.63) is 94.9 Å². The molecule has 0 saturated carbocycles. The van der Waals surface area contributed by atoms with E-state index < -0.39 is 24.4 Å². The predicted octanol–water partition coefficient (Wildman–Crippen LogP) is 5.04. The number of pyridine rings is 1. The number of benzene rings is 2. The average molecular weight is 560 g/mol. The first-order chi connectivity index (χ1) is 18.6. The third kappa shape index (κ3) is 5.76. The molecule has 0 spiro atoms. The number of alkyl halides is 3. The molecule has 1 atom stereocenters. The number of halogens is 4. The standard InChI is InChI=1S/C26H21ClF3N5O4/c1-33-23(36)21-22(35(25(33)37)15-17-9-11-31-12-10-17)32-24(34(21)14-16-5-7-18(27)8-6-16)38-19-3-2-4-20(13-19)39-26(28,29)30/h2-13,25,37H,14-15H2,1H3. The number of aliphatic hydroxyl groups is 1. The van der Waals surface area contributed by atoms with Crippen molar-refractivity contribution in [2.75, 3.05) is 11.9 Å². The number of aliphatic hydroxyl groups excluding tert-OH is 1. The maximum absolute atomic E-state index is 13.4. The van der Waals surface area contributed by atoms with Gasteiger partial charge in [0.25, 0.3) is 5.91 Å². The highest BCUT2D eigenvalue weighted by Crippen LogP contribution is 2.37. The van der Waals surface area contributed by atoms with Gasteiger partial charge >= 0.3 is 12.4 Å². The Balaban J connectivity index is 1.59. The van der Waals surface area contributed by atoms with Crippen LogP contribution in [-0.2, 0) is 13.1 Å². The maximum Gasteiger partial charge on any atom is 0.573 e. The highest BCUT2D eigenvalue weighted by Gasteiger charge is 2.40. The van der Waals surface area contributed by atoms with Gasteiger partial charge in [-0.15, -0.1) is 13.2 Å². The molecule has 0 radical (unpaired) electrons. The topological polar surface area (TPSA) is 93.0 Å². The van der Waals surface area contributed by atoms with E-state index in [1.165, 1.54) is 28.6 Å². The molecule has 0 fully saturated rings. The highest BCUT2D eigenvalue weighted by molar-refractivity contribution is 6.30. The van der Waals surface area contributed by atoms with E-state index in [2.05, 4.69) is 14.7 Å². The van der Waals surface area contributed by atoms with Gasteiger partial charge < -0.3 is 19.5 Å². The lowest BCUT2D eigenvalue weighted by atomic mass is 10.2. The minimum Gasteiger partial charge on any atom is -0.425 e. The molecule has 1 amide bonds. The van der Waals surface area contributed by atoms with Gasteiger partial charge in [0.1, 0.15) is 11.5 Å². The fourth-order valence-corrected chi connectivity index (χ4v) is 4.23. The summed E-state index contributed by atoms with van der Waals surface area (Å²) in [5.41, 5.74) is 1.68. The van der Waals surface area contributed by atoms with Crippen LogP contribution in [0.2, 0.25) is 5.02 Å². The molecule has 1 unspecified atom stereocenters. The zero-order chi connectivity index (χ0) is 27.7. The summed E-state index contributed by atoms with van der Waals surface area (Å²) in [7, 11) is 1.45. The van der Waals surface area contributed by atoms with Crippen LogP contribution in [-0.4, -0.2) is 50.2 Å². The minimum atomic E-state index is -4.88. The van der Waals surface area contributed by atoms with Gasteiger partial charge in [0, 0.05) is 37.1 Å². The smallest absolute Gasteiger partial charge is 0.425 e. The van der Waals surface area contributed by atoms with E-state index in [0.717, 1.165) is 28.2 Å². The second kappa shape index (κ2) is 10.5. The number of hydrogen-bond donors (Lipinski definition) is 1. The summed E-state index contributed by atoms with van der Waals surface area (Å²) in [6, 6.07) is 15.3. The quantitative estimate of drug-likeness (QED) is 0.339. The number of carbonyl (C=O) groups excluding carboxylic acids is 1. The van der Waals surface area contributed by atoms with Crippen LogP contribution in [0.25, 0.3) is 0 Å². The van der Waals surface area contributed by atoms with Crippen molar-refractivity contribution < 1.29 is 32.5 Å². The predicted molar refractivity (Wildman–Crippen MR) is 135 cm³/mol. The summed E-state index contributed by atoms with van der Waals surface area (Å²) in [4.78, 5) is 24.6. The van der Waals surface area contributed by atoms with Gasteiger partial charge in [-0.25, -0.2) is 0 Å². The molecule has 3 heterocycles. The van der Waals surface area contributed by atoms with Gasteiger partial charge in [-0.05, 0) is 47.5 Å². The summed E-state index contributed by atoms with van der Waals surface area (Å²) < 4.78 is 49.7. The molecule has 2 aromatic heterocycles. The lowest BCUT2D eigenvalue weighted by Crippen LogP contribution is -2.53. The Labute approximate surface area is 225 Å². The number of rotatable bonds is 7. The van der Waals surface area contributed by atoms with Crippen molar-refractivity contribution in [2.45, 2.75) is 25.8 Å². The number of ether oxygens (including phenoxy) is 2. The second-order valence-corrected chi connectivity index (χ2v) is 9.09. The lowest BCUT2D eigenvalue weighted by Gasteiger charge is -2.38. The van der Waals surface area contributed by atoms with Gasteiger partial charge in [-0.1, -0.05) is 29.8 Å². The molecule has 1 N–H and O–H groups in total. The van der Waals surface area contributed by atoms with Crippen molar-refractivity contribution in [3.63, 3.8) is 0 Å². The number of hydrogen-bond acceptors (Lipinski definition) is 7. The fourth-order valence-electron chi connectivity index (χ4n) is 4.10. The van der Waals surface area contributed by atoms with Crippen molar-refractivity contribution in [3.8, 4) is 17.5 Å². The number of aromatic nitrogens is 3. The minimum absolute atomic E-state index is 0.00140. The lowest BCUT2D eigenvalue weighted by molar-refractivity contribution is -0.274. The first-order valence-corrected chi connectivity index (χ1v) is 12.0. The Morgan fingerprint density at radius 2 is 1.67 bits per heavy atom. The van der Waals surface area contributed by atoms with Crippen LogP contribution in [0.15, 0.2) is 73.1 Å². The summed E-state index contributed by atoms with van der Waals surface area (Å²) in [5.74, 6) is -0.854. The van der Waals surface area contributed by atoms with Crippen LogP contribution in [0.1, 0.15) is 21.6 Å². The first kappa shape index (κ1) is 26.3. The molecular formula is C26H21ClF3N5O4. The number of fused-ring (bicyclic) bond motifs is 1. The Hall–Kier alpha value is -4.29. The third-order valence-electron chi connectivity index (χ3n) is 5.94. The van der Waals surface area contributed by atoms with E-state index in [4.69, 9.17) is 16.3 Å². The zero-order valence-corrected chi connectivity index (χ0v) is 21.1. The Kier molecular flexibility index (Phi) is 7.06. The summed E-state index contributed by atoms with van der Waals surface area (Å²) >= 11 is 6.03. The monoisotopic (exact) mass is 559 g/mol. The average Bonchev–Trinajstić information content (AvgIpc) is 3.24. The largest absolute Gasteiger partial charge is 0.573 e. The molecule has 5 rings (SSSR count). The molecule has 1 aliphatic heterocycles. The molecular weight excluding hydrogens is 539 g/mol. The SMILES string of the molecule is CN1C(=O)c2c(nc(Oc3cccc(OC(F)(F)F)c3)n2Cc2ccc(Cl)cc2)N(Cc2ccncc2)C1O. The van der Waals surface area contributed by atoms with E-state index in [-0.39, 0.29) is 36.4 Å². The van der Waals surface area contributed by atoms with Crippen molar-refractivity contribution in [1.82, 2.24) is 19.4 Å². The number of nitrogens with zero attached hydrogens (tertiary/aromatic N) is 5. The second-order valence-electron chi connectivity index (χ2n) is 8.65. The molecule has 2 aromatic carbocycles. The van der Waals surface area contributed by atoms with Gasteiger partial charge in [-0.2, -0.15) is 4.98 Å². The first-order valence-electron chi connectivity index (χ1n) is 11.6. The van der Waals surface area contributed by atoms with Crippen LogP contribution >= 0.6 is 11.6 Å². The maximum atomic E-state index is 13.4. The Morgan fingerprint density at radius 3 is 2.36 bits per heavy atom. The number of amides is 1. The van der Waals surface area contributed by atoms with Gasteiger partial charge in [0.15, 0.2) is 11.5 Å². The van der Waals surface area contributed by atoms with Crippen LogP contribution in [0, 0.1) is 0 Å². The van der Waals surface area contributed by atoms with Crippen LogP contribution in [0.4, 0.5) is 19.0 Å². The van der Waals surface area contributed by atoms with Gasteiger partial charge in [0.05, 0.1) is 6.54 Å². The van der Waals surface area contributed by atoms with Crippen molar-refractivity contribution in [2.24, 2.45) is 0 Å².